The summed E-state index contributed by atoms with van der Waals surface area (Å²) in [5.41, 5.74) is 0.816. The van der Waals surface area contributed by atoms with Crippen molar-refractivity contribution in [3.63, 3.8) is 0 Å². The minimum atomic E-state index is 0. The molecule has 41 nitrogen and oxygen atoms in total. The SMILES string of the molecule is C.CC(=O)CC1C2CCCC1CN(c1nnc(Br)s1)C2.CC(=O)NC1C2CCCC1CN(c1nnc(Br)s1)C2.CC(=O)NC1C2COCC1CN(c1nnc(Br)s1)C2.CC(=O)NC1CC2(C1)CN(c1nnc(Br)s1)C2.CC(=O)NC1CC2COCC(C1)N2c1nnc(Br)s1.CC(=O)NC1CCC2(C1)CN(c1nnc(Br)s1)C2.CC(=O)NC1[C@@H]2C[C@H]1CN(c1nnc(Br)s1)C2.O=C(NC1[C@@H]2CC[C@H]1CN(c1nnc(Br)s1)C2)C1CC1. The number of piperidine rings is 7. The van der Waals surface area contributed by atoms with E-state index in [1.807, 2.05) is 0 Å². The Morgan fingerprint density at radius 1 is 0.302 bits per heavy atom. The fourth-order valence-electron chi connectivity index (χ4n) is 25.3. The second-order valence-corrected chi connectivity index (χ2v) is 60.2. The van der Waals surface area contributed by atoms with Crippen molar-refractivity contribution in [2.24, 2.45) is 81.8 Å². The Balaban J connectivity index is 0.000000116. The van der Waals surface area contributed by atoms with Gasteiger partial charge in [-0.25, -0.2) is 0 Å². The fraction of sp³-hybridized carbons (Fsp3) is 0.739. The number of Topliss-reactive ketones (excluding diaryl/α,β-unsaturated/α-hetero) is 1. The van der Waals surface area contributed by atoms with Gasteiger partial charge in [-0.3, -0.25) is 33.6 Å². The molecule has 19 heterocycles. The van der Waals surface area contributed by atoms with E-state index in [4.69, 9.17) is 9.47 Å². The van der Waals surface area contributed by atoms with Crippen LogP contribution in [0.2, 0.25) is 0 Å². The van der Waals surface area contributed by atoms with Crippen LogP contribution in [-0.2, 0) is 47.8 Å². The van der Waals surface area contributed by atoms with Crippen molar-refractivity contribution in [1.82, 2.24) is 119 Å². The van der Waals surface area contributed by atoms with E-state index >= 15 is 0 Å². The summed E-state index contributed by atoms with van der Waals surface area (Å²) in [4.78, 5) is 109. The normalized spacial score (nSPS) is 28.9. The van der Waals surface area contributed by atoms with Gasteiger partial charge in [-0.05, 0) is 290 Å². The maximum absolute atomic E-state index is 12.0. The van der Waals surface area contributed by atoms with Gasteiger partial charge in [0.15, 0.2) is 31.3 Å². The van der Waals surface area contributed by atoms with Gasteiger partial charge in [0.1, 0.15) is 5.78 Å². The molecular weight excluding hydrogens is 2590 g/mol. The van der Waals surface area contributed by atoms with Crippen molar-refractivity contribution in [3.8, 4) is 0 Å². The number of rotatable bonds is 18. The van der Waals surface area contributed by atoms with E-state index in [9.17, 15) is 38.4 Å². The lowest BCUT2D eigenvalue weighted by molar-refractivity contribution is -0.124. The molecule has 8 aromatic rings. The van der Waals surface area contributed by atoms with Crippen molar-refractivity contribution in [2.45, 2.75) is 232 Å². The van der Waals surface area contributed by atoms with Crippen LogP contribution in [0.3, 0.4) is 0 Å². The highest BCUT2D eigenvalue weighted by Gasteiger charge is 2.56. The summed E-state index contributed by atoms with van der Waals surface area (Å²) in [7, 11) is 0. The van der Waals surface area contributed by atoms with Crippen LogP contribution in [0.1, 0.15) is 178 Å². The first-order valence-electron chi connectivity index (χ1n) is 50.5. The lowest BCUT2D eigenvalue weighted by Gasteiger charge is -2.58. The molecule has 11 aliphatic heterocycles. The van der Waals surface area contributed by atoms with Gasteiger partial charge >= 0.3 is 0 Å². The number of ether oxygens (including phenoxy) is 2. The third-order valence-electron chi connectivity index (χ3n) is 31.3. The van der Waals surface area contributed by atoms with E-state index in [0.29, 0.717) is 150 Å². The lowest BCUT2D eigenvalue weighted by Crippen LogP contribution is -2.66. The van der Waals surface area contributed by atoms with Crippen LogP contribution in [0, 0.1) is 81.8 Å². The van der Waals surface area contributed by atoms with Gasteiger partial charge in [0.25, 0.3) is 0 Å². The molecule has 7 amide bonds. The number of halogens is 8. The maximum atomic E-state index is 12.0. The Morgan fingerprint density at radius 2 is 0.591 bits per heavy atom. The quantitative estimate of drug-likeness (QED) is 0.0419. The van der Waals surface area contributed by atoms with Crippen LogP contribution in [0.15, 0.2) is 31.3 Å². The summed E-state index contributed by atoms with van der Waals surface area (Å²) < 4.78 is 17.9. The first-order chi connectivity index (χ1) is 71.0. The Morgan fingerprint density at radius 3 is 0.946 bits per heavy atom. The number of carbonyl (C=O) groups is 8. The van der Waals surface area contributed by atoms with Crippen molar-refractivity contribution in [1.29, 1.82) is 0 Å². The Bertz CT molecular complexity index is 5620. The number of aromatic nitrogens is 16. The van der Waals surface area contributed by atoms with Crippen LogP contribution in [0.4, 0.5) is 41.1 Å². The number of nitrogens with zero attached hydrogens (tertiary/aromatic N) is 24. The summed E-state index contributed by atoms with van der Waals surface area (Å²) in [5, 5.41) is 94.9. The zero-order valence-corrected chi connectivity index (χ0v) is 102. The number of anilines is 8. The van der Waals surface area contributed by atoms with Gasteiger partial charge in [0.2, 0.25) is 82.4 Å². The number of hydrogen-bond donors (Lipinski definition) is 7. The lowest BCUT2D eigenvalue weighted by atomic mass is 9.61. The number of fused-ring (bicyclic) bond motifs is 12. The topological polar surface area (TPSA) is 471 Å². The van der Waals surface area contributed by atoms with Crippen molar-refractivity contribution in [2.75, 3.05) is 157 Å². The Labute approximate surface area is 965 Å². The predicted octanol–water partition coefficient (Wildman–Crippen LogP) is 14.4. The first-order valence-corrected chi connectivity index (χ1v) is 63.4. The number of morpholine rings is 1. The van der Waals surface area contributed by atoms with E-state index in [1.54, 1.807) is 139 Å². The summed E-state index contributed by atoms with van der Waals surface area (Å²) in [6.07, 6.45) is 21.5. The molecule has 8 aromatic heterocycles. The standard InChI is InChI=1S/C13H17BrN4OS.C13H18BrN3OS.C12H17BrN4OS.2C11H15BrN4O2S.C11H15BrN4OS.2C10H13BrN4OS.CH4/c14-12-16-17-13(20-12)18-5-8-3-4-9(6-18)10(8)15-11(19)7-1-2-7;1-8(18)5-11-9-3-2-4-10(11)7-17(6-9)13-16-15-12(14)19-13;1-7(18)14-10-8-3-2-4-9(10)6-17(5-8)12-16-15-11(13)19-12;1-6(17)13-9-7-2-16(3-8(9)5-18-4-7)11-15-14-10(12)19-11;1-6(17)13-7-2-8-4-18-5-9(3-7)16(8)11-15-14-10(12)19-11;1-7(17)13-8-2-3-11(4-8)5-16(6-11)10-15-14-9(12)18-10;1-6(16)12-7-2-10(3-7)4-15(5-10)9-14-13-8(11)17-9;1-5(16)12-8-6-2-7(8)4-15(3-6)10-14-13-9(11)17-10;/h7-10H,1-6H2,(H,15,19);9-11H,2-7H2,1H3;8-10H,2-6H2,1H3,(H,14,18);2*7-9H,2-5H2,1H3,(H,13,17);8H,2-6H2,1H3,(H,13,17);7H,2-5H2,1H3,(H,12,16);6-8H,2-4H2,1H3,(H,12,16);1H4/t8-,9+,10?;;;;;;;6-,7+,8?;. The number of carbonyl (C=O) groups excluding carboxylic acids is 8. The highest BCUT2D eigenvalue weighted by Crippen LogP contribution is 2.53. The highest BCUT2D eigenvalue weighted by molar-refractivity contribution is 9.12. The van der Waals surface area contributed by atoms with Crippen LogP contribution in [0.25, 0.3) is 0 Å². The van der Waals surface area contributed by atoms with Crippen LogP contribution < -0.4 is 76.4 Å². The molecule has 2 spiro atoms. The molecule has 7 saturated carbocycles. The van der Waals surface area contributed by atoms with E-state index in [-0.39, 0.29) is 67.0 Å². The molecule has 11 saturated heterocycles. The zero-order chi connectivity index (χ0) is 104. The number of ketones is 1. The van der Waals surface area contributed by atoms with Crippen LogP contribution >= 0.6 is 218 Å². The molecule has 0 radical (unpaired) electrons. The molecule has 149 heavy (non-hydrogen) atoms. The number of amides is 7. The van der Waals surface area contributed by atoms with Gasteiger partial charge in [-0.2, -0.15) is 0 Å². The third-order valence-corrected chi connectivity index (χ3v) is 42.6. The van der Waals surface area contributed by atoms with Crippen LogP contribution in [-0.4, -0.2) is 301 Å². The van der Waals surface area contributed by atoms with Gasteiger partial charge in [-0.1, -0.05) is 111 Å². The van der Waals surface area contributed by atoms with Gasteiger partial charge < -0.3 is 90.7 Å². The second kappa shape index (κ2) is 51.5. The van der Waals surface area contributed by atoms with E-state index in [2.05, 4.69) is 285 Å². The third kappa shape index (κ3) is 29.8. The minimum Gasteiger partial charge on any atom is -0.381 e. The minimum absolute atomic E-state index is 0. The highest BCUT2D eigenvalue weighted by atomic mass is 79.9. The van der Waals surface area contributed by atoms with E-state index < -0.39 is 0 Å². The predicted molar refractivity (Wildman–Crippen MR) is 607 cm³/mol. The average Bonchev–Trinajstić information content (AvgIpc) is 1.61. The summed E-state index contributed by atoms with van der Waals surface area (Å²) in [5.74, 6) is 7.25. The molecule has 18 fully saturated rings. The Kier molecular flexibility index (Phi) is 39.6. The molecule has 26 rings (SSSR count). The monoisotopic (exact) mass is 2710 g/mol. The molecule has 7 aliphatic carbocycles. The van der Waals surface area contributed by atoms with Crippen molar-refractivity contribution >= 4 is 306 Å². The smallest absolute Gasteiger partial charge is 0.223 e. The van der Waals surface area contributed by atoms with E-state index in [0.717, 1.165) is 222 Å². The first kappa shape index (κ1) is 115. The molecule has 57 heteroatoms. The zero-order valence-electron chi connectivity index (χ0n) is 82.9. The molecule has 18 aliphatic rings. The van der Waals surface area contributed by atoms with E-state index in [1.165, 1.54) is 64.2 Å². The molecule has 12 bridgehead atoms. The van der Waals surface area contributed by atoms with Gasteiger partial charge in [0, 0.05) is 210 Å². The molecule has 814 valence electrons. The summed E-state index contributed by atoms with van der Waals surface area (Å²) >= 11 is 39.4. The molecule has 11 unspecified atom stereocenters. The van der Waals surface area contributed by atoms with Gasteiger partial charge in [0.05, 0.1) is 38.5 Å². The molecule has 0 aromatic carbocycles. The largest absolute Gasteiger partial charge is 0.381 e. The van der Waals surface area contributed by atoms with Crippen LogP contribution in [0.5, 0.6) is 0 Å². The molecule has 7 N–H and O–H groups in total. The fourth-order valence-corrected chi connectivity index (χ4v) is 34.2. The summed E-state index contributed by atoms with van der Waals surface area (Å²) in [6, 6.07) is 2.85. The summed E-state index contributed by atoms with van der Waals surface area (Å²) in [6.45, 7) is 27.9. The number of nitrogens with one attached hydrogen (secondary N) is 7. The second-order valence-electron chi connectivity index (χ2n) is 42.4. The number of hydrogen-bond acceptors (Lipinski definition) is 42. The maximum Gasteiger partial charge on any atom is 0.223 e. The molecule has 15 atom stereocenters. The average molecular weight is 2720 g/mol. The Hall–Kier alpha value is -5.40. The van der Waals surface area contributed by atoms with Crippen molar-refractivity contribution in [3.05, 3.63) is 31.3 Å². The van der Waals surface area contributed by atoms with Gasteiger partial charge in [-0.15, -0.1) is 81.6 Å². The molecular formula is C92H127Br8N31O10S8. The van der Waals surface area contributed by atoms with Crippen molar-refractivity contribution < 1.29 is 47.8 Å².